The molecule has 2 aliphatic rings. The van der Waals surface area contributed by atoms with Crippen molar-refractivity contribution in [2.45, 2.75) is 31.8 Å². The average molecular weight is 452 g/mol. The summed E-state index contributed by atoms with van der Waals surface area (Å²) >= 11 is 0. The number of halogens is 1. The van der Waals surface area contributed by atoms with Gasteiger partial charge in [0.05, 0.1) is 0 Å². The van der Waals surface area contributed by atoms with Crippen LogP contribution in [0.4, 0.5) is 0 Å². The van der Waals surface area contributed by atoms with E-state index in [1.807, 2.05) is 7.05 Å². The van der Waals surface area contributed by atoms with Gasteiger partial charge in [0, 0.05) is 58.9 Å². The molecular formula is C17H37IN6. The third-order valence-electron chi connectivity index (χ3n) is 5.44. The lowest BCUT2D eigenvalue weighted by molar-refractivity contribution is 0.116. The molecular weight excluding hydrogens is 415 g/mol. The number of likely N-dealkylation sites (tertiary alicyclic amines) is 1. The van der Waals surface area contributed by atoms with Crippen molar-refractivity contribution >= 4 is 29.9 Å². The van der Waals surface area contributed by atoms with E-state index in [-0.39, 0.29) is 24.0 Å². The van der Waals surface area contributed by atoms with Crippen molar-refractivity contribution in [3.8, 4) is 0 Å². The molecule has 2 rings (SSSR count). The third kappa shape index (κ3) is 6.00. The van der Waals surface area contributed by atoms with E-state index in [2.05, 4.69) is 58.0 Å². The normalized spacial score (nSPS) is 27.1. The lowest BCUT2D eigenvalue weighted by Gasteiger charge is -2.38. The van der Waals surface area contributed by atoms with Gasteiger partial charge in [-0.3, -0.25) is 14.8 Å². The number of rotatable bonds is 5. The van der Waals surface area contributed by atoms with Crippen molar-refractivity contribution in [3.05, 3.63) is 0 Å². The molecule has 0 saturated carbocycles. The van der Waals surface area contributed by atoms with Crippen molar-refractivity contribution in [2.24, 2.45) is 4.99 Å². The molecule has 2 unspecified atom stereocenters. The highest BCUT2D eigenvalue weighted by Crippen LogP contribution is 2.17. The van der Waals surface area contributed by atoms with Crippen molar-refractivity contribution < 1.29 is 0 Å². The topological polar surface area (TPSA) is 37.4 Å². The molecule has 0 aromatic heterocycles. The van der Waals surface area contributed by atoms with Crippen LogP contribution in [0.2, 0.25) is 0 Å². The van der Waals surface area contributed by atoms with Crippen LogP contribution in [0.15, 0.2) is 4.99 Å². The van der Waals surface area contributed by atoms with Crippen molar-refractivity contribution in [1.82, 2.24) is 24.9 Å². The SMILES string of the molecule is CCN1CCCC1CN(C)C(=NC)NCC1CN(C)CCN1C.I. The summed E-state index contributed by atoms with van der Waals surface area (Å²) in [7, 11) is 8.49. The Balaban J connectivity index is 0.00000288. The highest BCUT2D eigenvalue weighted by molar-refractivity contribution is 14.0. The van der Waals surface area contributed by atoms with Gasteiger partial charge in [-0.2, -0.15) is 0 Å². The molecule has 24 heavy (non-hydrogen) atoms. The Labute approximate surface area is 165 Å². The summed E-state index contributed by atoms with van der Waals surface area (Å²) in [6.45, 7) is 10.1. The van der Waals surface area contributed by atoms with Crippen LogP contribution < -0.4 is 5.32 Å². The second kappa shape index (κ2) is 10.8. The highest BCUT2D eigenvalue weighted by atomic mass is 127. The van der Waals surface area contributed by atoms with Crippen LogP contribution >= 0.6 is 24.0 Å². The van der Waals surface area contributed by atoms with Crippen LogP contribution in [-0.2, 0) is 0 Å². The van der Waals surface area contributed by atoms with Gasteiger partial charge in [0.2, 0.25) is 0 Å². The number of guanidine groups is 1. The maximum atomic E-state index is 4.49. The van der Waals surface area contributed by atoms with Crippen LogP contribution in [0.1, 0.15) is 19.8 Å². The van der Waals surface area contributed by atoms with Crippen LogP contribution in [-0.4, -0.2) is 112 Å². The zero-order valence-electron chi connectivity index (χ0n) is 16.2. The lowest BCUT2D eigenvalue weighted by Crippen LogP contribution is -2.56. The maximum absolute atomic E-state index is 4.49. The molecule has 0 aromatic carbocycles. The van der Waals surface area contributed by atoms with E-state index in [4.69, 9.17) is 0 Å². The smallest absolute Gasteiger partial charge is 0.193 e. The number of piperazine rings is 1. The molecule has 142 valence electrons. The summed E-state index contributed by atoms with van der Waals surface area (Å²) in [5, 5.41) is 3.59. The molecule has 2 aliphatic heterocycles. The fraction of sp³-hybridized carbons (Fsp3) is 0.941. The molecule has 6 nitrogen and oxygen atoms in total. The van der Waals surface area contributed by atoms with E-state index in [0.29, 0.717) is 12.1 Å². The Morgan fingerprint density at radius 1 is 1.21 bits per heavy atom. The van der Waals surface area contributed by atoms with Gasteiger partial charge in [-0.05, 0) is 40.0 Å². The minimum absolute atomic E-state index is 0. The molecule has 0 spiro atoms. The van der Waals surface area contributed by atoms with Gasteiger partial charge < -0.3 is 15.1 Å². The minimum atomic E-state index is 0. The van der Waals surface area contributed by atoms with E-state index < -0.39 is 0 Å². The first-order chi connectivity index (χ1) is 11.0. The molecule has 2 saturated heterocycles. The van der Waals surface area contributed by atoms with Crippen molar-refractivity contribution in [3.63, 3.8) is 0 Å². The number of aliphatic imine (C=N–C) groups is 1. The fourth-order valence-corrected chi connectivity index (χ4v) is 3.84. The summed E-state index contributed by atoms with van der Waals surface area (Å²) < 4.78 is 0. The van der Waals surface area contributed by atoms with E-state index in [1.165, 1.54) is 19.4 Å². The molecule has 2 heterocycles. The Bertz CT molecular complexity index is 391. The molecule has 0 aromatic rings. The van der Waals surface area contributed by atoms with Gasteiger partial charge in [-0.1, -0.05) is 6.92 Å². The fourth-order valence-electron chi connectivity index (χ4n) is 3.84. The van der Waals surface area contributed by atoms with Gasteiger partial charge in [0.15, 0.2) is 5.96 Å². The van der Waals surface area contributed by atoms with Gasteiger partial charge >= 0.3 is 0 Å². The third-order valence-corrected chi connectivity index (χ3v) is 5.44. The second-order valence-electron chi connectivity index (χ2n) is 7.13. The molecule has 2 fully saturated rings. The number of hydrogen-bond acceptors (Lipinski definition) is 4. The maximum Gasteiger partial charge on any atom is 0.193 e. The summed E-state index contributed by atoms with van der Waals surface area (Å²) in [5.41, 5.74) is 0. The molecule has 0 amide bonds. The summed E-state index contributed by atoms with van der Waals surface area (Å²) in [5.74, 6) is 1.02. The predicted molar refractivity (Wildman–Crippen MR) is 114 cm³/mol. The predicted octanol–water partition coefficient (Wildman–Crippen LogP) is 0.842. The minimum Gasteiger partial charge on any atom is -0.355 e. The van der Waals surface area contributed by atoms with Crippen molar-refractivity contribution in [2.75, 3.05) is 74.0 Å². The molecule has 2 atom stereocenters. The first-order valence-electron chi connectivity index (χ1n) is 9.09. The first kappa shape index (κ1) is 21.9. The van der Waals surface area contributed by atoms with Crippen LogP contribution in [0, 0.1) is 0 Å². The lowest BCUT2D eigenvalue weighted by atomic mass is 10.2. The standard InChI is InChI=1S/C17H36N6.HI/c1-6-23-9-7-8-15(23)14-22(5)17(18-2)19-12-16-13-20(3)10-11-21(16)4;/h15-16H,6-14H2,1-5H3,(H,18,19);1H. The molecule has 1 N–H and O–H groups in total. The summed E-state index contributed by atoms with van der Waals surface area (Å²) in [6, 6.07) is 1.23. The zero-order chi connectivity index (χ0) is 16.8. The van der Waals surface area contributed by atoms with E-state index in [0.717, 1.165) is 45.2 Å². The highest BCUT2D eigenvalue weighted by Gasteiger charge is 2.26. The van der Waals surface area contributed by atoms with Crippen molar-refractivity contribution in [1.29, 1.82) is 0 Å². The van der Waals surface area contributed by atoms with Crippen LogP contribution in [0.3, 0.4) is 0 Å². The van der Waals surface area contributed by atoms with E-state index in [9.17, 15) is 0 Å². The Kier molecular flexibility index (Phi) is 9.84. The summed E-state index contributed by atoms with van der Waals surface area (Å²) in [4.78, 5) is 14.2. The summed E-state index contributed by atoms with van der Waals surface area (Å²) in [6.07, 6.45) is 2.64. The van der Waals surface area contributed by atoms with Crippen LogP contribution in [0.5, 0.6) is 0 Å². The second-order valence-corrected chi connectivity index (χ2v) is 7.13. The molecule has 7 heteroatoms. The average Bonchev–Trinajstić information content (AvgIpc) is 2.98. The zero-order valence-corrected chi connectivity index (χ0v) is 18.5. The Morgan fingerprint density at radius 2 is 1.96 bits per heavy atom. The largest absolute Gasteiger partial charge is 0.355 e. The van der Waals surface area contributed by atoms with Gasteiger partial charge in [-0.15, -0.1) is 24.0 Å². The number of nitrogens with zero attached hydrogens (tertiary/aromatic N) is 5. The molecule has 0 radical (unpaired) electrons. The van der Waals surface area contributed by atoms with Crippen LogP contribution in [0.25, 0.3) is 0 Å². The Hall–Kier alpha value is -0.120. The number of hydrogen-bond donors (Lipinski definition) is 1. The number of likely N-dealkylation sites (N-methyl/N-ethyl adjacent to an activating group) is 4. The van der Waals surface area contributed by atoms with E-state index in [1.54, 1.807) is 0 Å². The molecule has 0 bridgehead atoms. The first-order valence-corrected chi connectivity index (χ1v) is 9.09. The monoisotopic (exact) mass is 452 g/mol. The van der Waals surface area contributed by atoms with Gasteiger partial charge in [0.25, 0.3) is 0 Å². The van der Waals surface area contributed by atoms with Gasteiger partial charge in [0.1, 0.15) is 0 Å². The molecule has 0 aliphatic carbocycles. The van der Waals surface area contributed by atoms with E-state index >= 15 is 0 Å². The Morgan fingerprint density at radius 3 is 2.62 bits per heavy atom. The number of nitrogens with one attached hydrogen (secondary N) is 1. The van der Waals surface area contributed by atoms with Gasteiger partial charge in [-0.25, -0.2) is 0 Å². The quantitative estimate of drug-likeness (QED) is 0.380.